The van der Waals surface area contributed by atoms with Gasteiger partial charge in [-0.1, -0.05) is 0 Å². The molecule has 0 aliphatic carbocycles. The lowest BCUT2D eigenvalue weighted by Gasteiger charge is -2.13. The van der Waals surface area contributed by atoms with Crippen molar-refractivity contribution in [3.05, 3.63) is 49.5 Å². The van der Waals surface area contributed by atoms with Crippen LogP contribution in [-0.4, -0.2) is 39.6 Å². The summed E-state index contributed by atoms with van der Waals surface area (Å²) in [7, 11) is 2.05. The van der Waals surface area contributed by atoms with Gasteiger partial charge >= 0.3 is 0 Å². The van der Waals surface area contributed by atoms with Gasteiger partial charge in [0.05, 0.1) is 6.07 Å². The minimum atomic E-state index is -0.669. The van der Waals surface area contributed by atoms with Crippen LogP contribution in [0.4, 0.5) is 5.69 Å². The summed E-state index contributed by atoms with van der Waals surface area (Å²) in [4.78, 5) is 27.7. The fourth-order valence-electron chi connectivity index (χ4n) is 4.42. The van der Waals surface area contributed by atoms with Crippen LogP contribution in [0, 0.1) is 22.7 Å². The number of nitriles is 2. The van der Waals surface area contributed by atoms with Crippen LogP contribution >= 0.6 is 11.3 Å². The Morgan fingerprint density at radius 3 is 2.71 bits per heavy atom. The van der Waals surface area contributed by atoms with Crippen molar-refractivity contribution in [3.63, 3.8) is 0 Å². The zero-order chi connectivity index (χ0) is 24.9. The molecule has 9 nitrogen and oxygen atoms in total. The number of rotatable bonds is 7. The minimum Gasteiger partial charge on any atom is -0.360 e. The summed E-state index contributed by atoms with van der Waals surface area (Å²) in [6.45, 7) is 5.05. The Kier molecular flexibility index (Phi) is 7.35. The molecular formula is C25H27N7O2S. The van der Waals surface area contributed by atoms with Crippen LogP contribution in [0.15, 0.2) is 29.2 Å². The fraction of sp³-hybridized carbons (Fsp3) is 0.360. The third-order valence-corrected chi connectivity index (χ3v) is 7.27. The average Bonchev–Trinajstić information content (AvgIpc) is 3.56. The molecule has 1 aromatic carbocycles. The Balaban J connectivity index is 1.69. The van der Waals surface area contributed by atoms with Crippen LogP contribution < -0.4 is 25.4 Å². The van der Waals surface area contributed by atoms with Gasteiger partial charge in [0.25, 0.3) is 11.5 Å². The van der Waals surface area contributed by atoms with Crippen molar-refractivity contribution < 1.29 is 4.79 Å². The summed E-state index contributed by atoms with van der Waals surface area (Å²) in [6.07, 6.45) is 6.29. The minimum absolute atomic E-state index is 0.180. The largest absolute Gasteiger partial charge is 0.360 e. The van der Waals surface area contributed by atoms with Crippen molar-refractivity contribution in [3.8, 4) is 12.1 Å². The molecule has 180 valence electrons. The van der Waals surface area contributed by atoms with Gasteiger partial charge in [-0.2, -0.15) is 10.5 Å². The molecule has 0 spiro atoms. The number of aromatic nitrogens is 2. The smallest absolute Gasteiger partial charge is 0.270 e. The first-order chi connectivity index (χ1) is 17.0. The topological polar surface area (TPSA) is 119 Å². The van der Waals surface area contributed by atoms with Gasteiger partial charge in [-0.25, -0.2) is 0 Å². The zero-order valence-electron chi connectivity index (χ0n) is 19.8. The molecule has 0 bridgehead atoms. The van der Waals surface area contributed by atoms with Crippen molar-refractivity contribution in [1.82, 2.24) is 19.4 Å². The number of benzene rings is 1. The second kappa shape index (κ2) is 10.6. The Morgan fingerprint density at radius 1 is 1.26 bits per heavy atom. The van der Waals surface area contributed by atoms with E-state index in [4.69, 9.17) is 5.26 Å². The van der Waals surface area contributed by atoms with E-state index in [1.165, 1.54) is 28.4 Å². The number of carbonyl (C=O) groups excluding carboxylic acids is 1. The molecule has 2 N–H and O–H groups in total. The van der Waals surface area contributed by atoms with Gasteiger partial charge in [-0.15, -0.1) is 11.3 Å². The quantitative estimate of drug-likeness (QED) is 0.481. The molecule has 35 heavy (non-hydrogen) atoms. The highest BCUT2D eigenvalue weighted by atomic mass is 32.1. The summed E-state index contributed by atoms with van der Waals surface area (Å²) < 4.78 is 4.19. The van der Waals surface area contributed by atoms with Crippen molar-refractivity contribution in [2.75, 3.05) is 25.0 Å². The van der Waals surface area contributed by atoms with Gasteiger partial charge in [-0.05, 0) is 56.6 Å². The third-order valence-electron chi connectivity index (χ3n) is 6.14. The van der Waals surface area contributed by atoms with E-state index in [1.54, 1.807) is 13.1 Å². The average molecular weight is 490 g/mol. The first kappa shape index (κ1) is 24.3. The number of aryl methyl sites for hydroxylation is 1. The van der Waals surface area contributed by atoms with Gasteiger partial charge in [0.1, 0.15) is 21.8 Å². The molecule has 10 heteroatoms. The van der Waals surface area contributed by atoms with Crippen molar-refractivity contribution in [2.45, 2.75) is 32.9 Å². The van der Waals surface area contributed by atoms with Gasteiger partial charge in [0.2, 0.25) is 0 Å². The van der Waals surface area contributed by atoms with Crippen molar-refractivity contribution >= 4 is 45.6 Å². The number of amides is 1. The molecule has 1 aliphatic rings. The highest BCUT2D eigenvalue weighted by Gasteiger charge is 2.16. The van der Waals surface area contributed by atoms with Gasteiger partial charge in [-0.3, -0.25) is 19.1 Å². The summed E-state index contributed by atoms with van der Waals surface area (Å²) in [5, 5.41) is 25.0. The Morgan fingerprint density at radius 2 is 2.03 bits per heavy atom. The van der Waals surface area contributed by atoms with Gasteiger partial charge in [0, 0.05) is 49.1 Å². The molecule has 0 radical (unpaired) electrons. The predicted octanol–water partition coefficient (Wildman–Crippen LogP) is 1.18. The molecule has 1 amide bonds. The number of anilines is 1. The summed E-state index contributed by atoms with van der Waals surface area (Å²) in [6, 6.07) is 9.81. The molecule has 1 fully saturated rings. The zero-order valence-corrected chi connectivity index (χ0v) is 20.6. The Hall–Kier alpha value is -3.86. The van der Waals surface area contributed by atoms with E-state index in [0.29, 0.717) is 11.1 Å². The van der Waals surface area contributed by atoms with E-state index >= 15 is 0 Å². The maximum absolute atomic E-state index is 12.9. The molecule has 3 aromatic rings. The van der Waals surface area contributed by atoms with Crippen LogP contribution in [-0.2, 0) is 24.9 Å². The van der Waals surface area contributed by atoms with E-state index in [9.17, 15) is 14.9 Å². The molecule has 0 atom stereocenters. The lowest BCUT2D eigenvalue weighted by atomic mass is 10.1. The maximum atomic E-state index is 12.9. The second-order valence-corrected chi connectivity index (χ2v) is 9.45. The van der Waals surface area contributed by atoms with E-state index in [2.05, 4.69) is 38.4 Å². The van der Waals surface area contributed by atoms with Crippen LogP contribution in [0.1, 0.15) is 25.3 Å². The predicted molar refractivity (Wildman–Crippen MR) is 137 cm³/mol. The fourth-order valence-corrected chi connectivity index (χ4v) is 5.50. The second-order valence-electron chi connectivity index (χ2n) is 8.42. The van der Waals surface area contributed by atoms with E-state index in [0.717, 1.165) is 42.2 Å². The summed E-state index contributed by atoms with van der Waals surface area (Å²) in [5.41, 5.74) is 2.81. The van der Waals surface area contributed by atoms with Crippen molar-refractivity contribution in [2.24, 2.45) is 7.05 Å². The highest BCUT2D eigenvalue weighted by Crippen LogP contribution is 2.26. The molecule has 0 saturated carbocycles. The number of fused-ring (bicyclic) bond motifs is 1. The number of thiazole rings is 1. The van der Waals surface area contributed by atoms with Crippen molar-refractivity contribution in [1.29, 1.82) is 10.5 Å². The van der Waals surface area contributed by atoms with E-state index in [-0.39, 0.29) is 22.3 Å². The lowest BCUT2D eigenvalue weighted by Crippen LogP contribution is -2.34. The molecule has 1 saturated heterocycles. The molecule has 1 aliphatic heterocycles. The molecule has 0 unspecified atom stereocenters. The SMILES string of the molecule is CCn1c(=O)/c(=C/Nc2ccc3c(c2)c(CN2CCCC2)cn3C)s/c1=C(\C#N)C(=O)NCC#N. The standard InChI is InChI=1S/C25H27N7O2S/c1-3-32-24(34)22(35-25(32)20(13-27)23(33)28-9-8-26)14-29-18-6-7-21-19(12-18)17(15-30(21)2)16-31-10-4-5-11-31/h6-7,12,14-15,29H,3-5,9-11,16H2,1-2H3,(H,28,33)/b22-14-,25-20+. The van der Waals surface area contributed by atoms with Crippen LogP contribution in [0.2, 0.25) is 0 Å². The van der Waals surface area contributed by atoms with Crippen LogP contribution in [0.5, 0.6) is 0 Å². The molecule has 3 heterocycles. The van der Waals surface area contributed by atoms with Crippen LogP contribution in [0.25, 0.3) is 22.7 Å². The number of hydrogen-bond acceptors (Lipinski definition) is 7. The maximum Gasteiger partial charge on any atom is 0.270 e. The number of nitrogens with one attached hydrogen (secondary N) is 2. The van der Waals surface area contributed by atoms with E-state index < -0.39 is 5.91 Å². The monoisotopic (exact) mass is 489 g/mol. The van der Waals surface area contributed by atoms with E-state index in [1.807, 2.05) is 25.3 Å². The Labute approximate surface area is 206 Å². The summed E-state index contributed by atoms with van der Waals surface area (Å²) in [5.74, 6) is -0.669. The number of hydrogen-bond donors (Lipinski definition) is 2. The highest BCUT2D eigenvalue weighted by molar-refractivity contribution is 7.07. The molecular weight excluding hydrogens is 462 g/mol. The van der Waals surface area contributed by atoms with Crippen LogP contribution in [0.3, 0.4) is 0 Å². The molecule has 2 aromatic heterocycles. The number of nitrogens with zero attached hydrogens (tertiary/aromatic N) is 5. The number of likely N-dealkylation sites (tertiary alicyclic amines) is 1. The van der Waals surface area contributed by atoms with Gasteiger partial charge < -0.3 is 15.2 Å². The first-order valence-electron chi connectivity index (χ1n) is 11.5. The Bertz CT molecular complexity index is 1520. The normalized spacial score (nSPS) is 15.1. The molecule has 4 rings (SSSR count). The van der Waals surface area contributed by atoms with Gasteiger partial charge in [0.15, 0.2) is 5.57 Å². The lowest BCUT2D eigenvalue weighted by molar-refractivity contribution is -0.115. The number of carbonyl (C=O) groups is 1. The first-order valence-corrected chi connectivity index (χ1v) is 12.3. The third kappa shape index (κ3) is 4.99. The summed E-state index contributed by atoms with van der Waals surface area (Å²) >= 11 is 1.07.